The van der Waals surface area contributed by atoms with Gasteiger partial charge in [-0.05, 0) is 73.8 Å². The summed E-state index contributed by atoms with van der Waals surface area (Å²) in [6, 6.07) is 0. The molecule has 0 spiro atoms. The van der Waals surface area contributed by atoms with E-state index in [1.54, 1.807) is 6.08 Å². The smallest absolute Gasteiger partial charge is 0.178 e. The minimum Gasteiger partial charge on any atom is -0.393 e. The second-order valence-corrected chi connectivity index (χ2v) is 8.24. The van der Waals surface area contributed by atoms with Gasteiger partial charge in [0.1, 0.15) is 0 Å². The van der Waals surface area contributed by atoms with Crippen LogP contribution in [0.2, 0.25) is 0 Å². The first-order valence-electron chi connectivity index (χ1n) is 8.57. The molecule has 1 N–H and O–H groups in total. The van der Waals surface area contributed by atoms with Gasteiger partial charge in [0, 0.05) is 5.41 Å². The Morgan fingerprint density at radius 3 is 2.76 bits per heavy atom. The quantitative estimate of drug-likeness (QED) is 0.738. The third-order valence-corrected chi connectivity index (χ3v) is 7.51. The summed E-state index contributed by atoms with van der Waals surface area (Å²) in [7, 11) is 0. The van der Waals surface area contributed by atoms with Gasteiger partial charge in [-0.3, -0.25) is 4.79 Å². The Morgan fingerprint density at radius 2 is 1.95 bits per heavy atom. The van der Waals surface area contributed by atoms with Crippen molar-refractivity contribution in [2.24, 2.45) is 28.6 Å². The second kappa shape index (κ2) is 4.32. The van der Waals surface area contributed by atoms with E-state index in [4.69, 9.17) is 0 Å². The van der Waals surface area contributed by atoms with Crippen LogP contribution < -0.4 is 0 Å². The molecular weight excluding hydrogens is 260 g/mol. The van der Waals surface area contributed by atoms with Gasteiger partial charge in [-0.25, -0.2) is 0 Å². The van der Waals surface area contributed by atoms with E-state index in [0.29, 0.717) is 11.8 Å². The summed E-state index contributed by atoms with van der Waals surface area (Å²) in [6.45, 7) is 4.66. The molecule has 6 atom stereocenters. The summed E-state index contributed by atoms with van der Waals surface area (Å²) >= 11 is 0. The third kappa shape index (κ3) is 1.72. The van der Waals surface area contributed by atoms with E-state index >= 15 is 0 Å². The molecule has 0 saturated heterocycles. The molecule has 4 aliphatic carbocycles. The average Bonchev–Trinajstić information content (AvgIpc) is 2.76. The Hall–Kier alpha value is -0.890. The number of aliphatic hydroxyl groups excluding tert-OH is 1. The Bertz CT molecular complexity index is 546. The van der Waals surface area contributed by atoms with Crippen LogP contribution in [0, 0.1) is 28.6 Å². The lowest BCUT2D eigenvalue weighted by Gasteiger charge is -2.56. The Labute approximate surface area is 127 Å². The normalized spacial score (nSPS) is 52.0. The second-order valence-electron chi connectivity index (χ2n) is 8.24. The van der Waals surface area contributed by atoms with Gasteiger partial charge in [-0.1, -0.05) is 25.5 Å². The lowest BCUT2D eigenvalue weighted by molar-refractivity contribution is -0.111. The van der Waals surface area contributed by atoms with Gasteiger partial charge in [-0.2, -0.15) is 0 Å². The first-order valence-corrected chi connectivity index (χ1v) is 8.57. The maximum atomic E-state index is 11.7. The molecule has 0 aromatic rings. The van der Waals surface area contributed by atoms with E-state index in [-0.39, 0.29) is 22.7 Å². The average molecular weight is 286 g/mol. The minimum absolute atomic E-state index is 0.0890. The molecule has 2 heteroatoms. The zero-order valence-electron chi connectivity index (χ0n) is 13.1. The lowest BCUT2D eigenvalue weighted by atomic mass is 9.48. The van der Waals surface area contributed by atoms with Crippen molar-refractivity contribution in [3.8, 4) is 0 Å². The molecule has 0 heterocycles. The summed E-state index contributed by atoms with van der Waals surface area (Å²) in [5.74, 6) is 2.22. The molecule has 2 nitrogen and oxygen atoms in total. The first-order chi connectivity index (χ1) is 9.95. The standard InChI is InChI=1S/C19H26O2/c1-18-9-7-13(20)11-12(18)3-4-14-15-5-6-17(21)19(15,2)10-8-16(14)18/h7,9,11,14-17,21H,3-6,8,10H2,1-2H3/t14-,15-,16-,17+,18+,19+/m1/s1. The zero-order valence-corrected chi connectivity index (χ0v) is 13.1. The molecule has 0 radical (unpaired) electrons. The summed E-state index contributed by atoms with van der Waals surface area (Å²) in [6.07, 6.45) is 12.6. The highest BCUT2D eigenvalue weighted by atomic mass is 16.3. The summed E-state index contributed by atoms with van der Waals surface area (Å²) < 4.78 is 0. The number of hydrogen-bond donors (Lipinski definition) is 1. The van der Waals surface area contributed by atoms with Crippen molar-refractivity contribution in [2.75, 3.05) is 0 Å². The molecule has 0 amide bonds. The fourth-order valence-electron chi connectivity index (χ4n) is 6.17. The van der Waals surface area contributed by atoms with Crippen LogP contribution in [0.3, 0.4) is 0 Å². The molecule has 4 aliphatic rings. The van der Waals surface area contributed by atoms with E-state index in [1.807, 2.05) is 6.08 Å². The van der Waals surface area contributed by atoms with Gasteiger partial charge in [0.25, 0.3) is 0 Å². The number of carbonyl (C=O) groups excluding carboxylic acids is 1. The van der Waals surface area contributed by atoms with Crippen molar-refractivity contribution in [3.05, 3.63) is 23.8 Å². The largest absolute Gasteiger partial charge is 0.393 e. The van der Waals surface area contributed by atoms with Crippen LogP contribution >= 0.6 is 0 Å². The highest BCUT2D eigenvalue weighted by Gasteiger charge is 2.58. The van der Waals surface area contributed by atoms with Crippen molar-refractivity contribution in [3.63, 3.8) is 0 Å². The molecule has 3 saturated carbocycles. The van der Waals surface area contributed by atoms with Crippen LogP contribution in [0.1, 0.15) is 52.4 Å². The van der Waals surface area contributed by atoms with Crippen LogP contribution in [0.15, 0.2) is 23.8 Å². The minimum atomic E-state index is -0.100. The van der Waals surface area contributed by atoms with Crippen molar-refractivity contribution in [2.45, 2.75) is 58.5 Å². The number of fused-ring (bicyclic) bond motifs is 5. The fraction of sp³-hybridized carbons (Fsp3) is 0.737. The third-order valence-electron chi connectivity index (χ3n) is 7.51. The molecule has 0 aromatic carbocycles. The van der Waals surface area contributed by atoms with Crippen LogP contribution in [0.5, 0.6) is 0 Å². The molecule has 0 aromatic heterocycles. The van der Waals surface area contributed by atoms with Gasteiger partial charge >= 0.3 is 0 Å². The topological polar surface area (TPSA) is 37.3 Å². The van der Waals surface area contributed by atoms with Gasteiger partial charge in [0.2, 0.25) is 0 Å². The van der Waals surface area contributed by atoms with E-state index in [2.05, 4.69) is 19.9 Å². The summed E-state index contributed by atoms with van der Waals surface area (Å²) in [5, 5.41) is 10.4. The molecule has 0 bridgehead atoms. The van der Waals surface area contributed by atoms with Crippen LogP contribution in [0.25, 0.3) is 0 Å². The number of allylic oxidation sites excluding steroid dienone is 4. The lowest BCUT2D eigenvalue weighted by Crippen LogP contribution is -2.50. The van der Waals surface area contributed by atoms with Crippen LogP contribution in [0.4, 0.5) is 0 Å². The van der Waals surface area contributed by atoms with Crippen molar-refractivity contribution >= 4 is 5.78 Å². The molecule has 0 unspecified atom stereocenters. The maximum absolute atomic E-state index is 11.7. The highest BCUT2D eigenvalue weighted by Crippen LogP contribution is 2.64. The number of rotatable bonds is 0. The summed E-state index contributed by atoms with van der Waals surface area (Å²) in [4.78, 5) is 11.7. The Kier molecular flexibility index (Phi) is 2.83. The molecule has 0 aliphatic heterocycles. The van der Waals surface area contributed by atoms with E-state index < -0.39 is 0 Å². The Morgan fingerprint density at radius 1 is 1.14 bits per heavy atom. The monoisotopic (exact) mass is 286 g/mol. The van der Waals surface area contributed by atoms with Crippen LogP contribution in [-0.2, 0) is 4.79 Å². The number of hydrogen-bond acceptors (Lipinski definition) is 2. The fourth-order valence-corrected chi connectivity index (χ4v) is 6.17. The van der Waals surface area contributed by atoms with E-state index in [9.17, 15) is 9.90 Å². The van der Waals surface area contributed by atoms with Crippen molar-refractivity contribution in [1.82, 2.24) is 0 Å². The predicted molar refractivity (Wildman–Crippen MR) is 82.6 cm³/mol. The predicted octanol–water partition coefficient (Wildman–Crippen LogP) is 3.66. The Balaban J connectivity index is 1.70. The molecule has 21 heavy (non-hydrogen) atoms. The summed E-state index contributed by atoms with van der Waals surface area (Å²) in [5.41, 5.74) is 1.59. The van der Waals surface area contributed by atoms with Crippen molar-refractivity contribution in [1.29, 1.82) is 0 Å². The van der Waals surface area contributed by atoms with Crippen molar-refractivity contribution < 1.29 is 9.90 Å². The molecular formula is C19H26O2. The van der Waals surface area contributed by atoms with E-state index in [0.717, 1.165) is 25.2 Å². The first kappa shape index (κ1) is 13.8. The van der Waals surface area contributed by atoms with Gasteiger partial charge in [-0.15, -0.1) is 0 Å². The van der Waals surface area contributed by atoms with Crippen LogP contribution in [-0.4, -0.2) is 17.0 Å². The number of ketones is 1. The molecule has 3 fully saturated rings. The number of carbonyl (C=O) groups is 1. The van der Waals surface area contributed by atoms with Gasteiger partial charge in [0.05, 0.1) is 6.10 Å². The maximum Gasteiger partial charge on any atom is 0.178 e. The molecule has 114 valence electrons. The molecule has 4 rings (SSSR count). The SMILES string of the molecule is C[C@]12CC[C@@H]3[C@H](CCC4=CC(=O)C=C[C@@]43C)[C@H]1CC[C@@H]2O. The van der Waals surface area contributed by atoms with E-state index in [1.165, 1.54) is 24.8 Å². The number of aliphatic hydroxyl groups is 1. The highest BCUT2D eigenvalue weighted by molar-refractivity contribution is 6.01. The zero-order chi connectivity index (χ0) is 14.8. The van der Waals surface area contributed by atoms with Gasteiger partial charge < -0.3 is 5.11 Å². The van der Waals surface area contributed by atoms with Gasteiger partial charge in [0.15, 0.2) is 5.78 Å².